The third-order valence-corrected chi connectivity index (χ3v) is 4.63. The number of carboxylic acid groups (broad SMARTS) is 1. The largest absolute Gasteiger partial charge is 0.479 e. The maximum absolute atomic E-state index is 10.9. The lowest BCUT2D eigenvalue weighted by atomic mass is 10.2. The van der Waals surface area contributed by atoms with Crippen LogP contribution in [0.25, 0.3) is 5.57 Å². The van der Waals surface area contributed by atoms with Crippen LogP contribution in [0.2, 0.25) is 0 Å². The zero-order chi connectivity index (χ0) is 22.5. The highest BCUT2D eigenvalue weighted by atomic mass is 16.5. The van der Waals surface area contributed by atoms with E-state index in [0.717, 1.165) is 11.3 Å². The topological polar surface area (TPSA) is 129 Å². The fourth-order valence-electron chi connectivity index (χ4n) is 2.96. The summed E-state index contributed by atoms with van der Waals surface area (Å²) in [5.41, 5.74) is 2.39. The third kappa shape index (κ3) is 4.60. The van der Waals surface area contributed by atoms with E-state index in [1.807, 2.05) is 36.4 Å². The Kier molecular flexibility index (Phi) is 5.85. The lowest BCUT2D eigenvalue weighted by molar-refractivity contribution is -0.144. The van der Waals surface area contributed by atoms with Crippen LogP contribution in [0, 0.1) is 11.3 Å². The molecule has 0 bridgehead atoms. The summed E-state index contributed by atoms with van der Waals surface area (Å²) in [5, 5.41) is 24.8. The molecule has 1 unspecified atom stereocenters. The molecule has 4 rings (SSSR count). The number of carbonyl (C=O) groups is 1. The normalized spacial score (nSPS) is 14.2. The molecule has 1 aromatic heterocycles. The van der Waals surface area contributed by atoms with E-state index in [2.05, 4.69) is 26.7 Å². The highest BCUT2D eigenvalue weighted by molar-refractivity contribution is 5.81. The van der Waals surface area contributed by atoms with Gasteiger partial charge in [0.1, 0.15) is 17.4 Å². The maximum atomic E-state index is 10.9. The maximum Gasteiger partial charge on any atom is 0.344 e. The van der Waals surface area contributed by atoms with E-state index in [1.54, 1.807) is 24.4 Å². The number of nitrogens with zero attached hydrogens (tertiary/aromatic N) is 3. The van der Waals surface area contributed by atoms with Crippen LogP contribution in [0.15, 0.2) is 66.7 Å². The van der Waals surface area contributed by atoms with Crippen molar-refractivity contribution in [2.75, 3.05) is 10.6 Å². The van der Waals surface area contributed by atoms with E-state index in [-0.39, 0.29) is 5.57 Å². The van der Waals surface area contributed by atoms with Crippen molar-refractivity contribution < 1.29 is 19.4 Å². The Morgan fingerprint density at radius 3 is 2.75 bits per heavy atom. The summed E-state index contributed by atoms with van der Waals surface area (Å²) < 4.78 is 11.1. The summed E-state index contributed by atoms with van der Waals surface area (Å²) in [6.07, 6.45) is 0.638. The zero-order valence-corrected chi connectivity index (χ0v) is 17.1. The number of allylic oxidation sites excluding steroid dienone is 1. The first kappa shape index (κ1) is 20.7. The second-order valence-electron chi connectivity index (χ2n) is 6.90. The minimum atomic E-state index is -1.03. The van der Waals surface area contributed by atoms with Gasteiger partial charge in [-0.05, 0) is 42.8 Å². The summed E-state index contributed by atoms with van der Waals surface area (Å²) >= 11 is 0. The van der Waals surface area contributed by atoms with Crippen LogP contribution < -0.4 is 20.1 Å². The van der Waals surface area contributed by atoms with Crippen molar-refractivity contribution in [2.45, 2.75) is 19.6 Å². The summed E-state index contributed by atoms with van der Waals surface area (Å²) in [5.74, 6) is 0.766. The number of nitriles is 1. The molecule has 0 saturated carbocycles. The Labute approximate surface area is 184 Å². The van der Waals surface area contributed by atoms with Crippen LogP contribution in [0.1, 0.15) is 18.2 Å². The fraction of sp³-hybridized carbons (Fsp3) is 0.130. The number of carboxylic acids is 1. The molecule has 0 aliphatic carbocycles. The first-order valence-electron chi connectivity index (χ1n) is 9.77. The molecule has 2 heterocycles. The van der Waals surface area contributed by atoms with Gasteiger partial charge in [-0.1, -0.05) is 24.3 Å². The summed E-state index contributed by atoms with van der Waals surface area (Å²) in [7, 11) is 0. The fourth-order valence-corrected chi connectivity index (χ4v) is 2.96. The van der Waals surface area contributed by atoms with Gasteiger partial charge in [0, 0.05) is 12.7 Å². The van der Waals surface area contributed by atoms with E-state index < -0.39 is 12.1 Å². The van der Waals surface area contributed by atoms with Crippen molar-refractivity contribution in [2.24, 2.45) is 0 Å². The number of para-hydroxylation sites is 2. The van der Waals surface area contributed by atoms with Crippen LogP contribution in [-0.4, -0.2) is 27.1 Å². The van der Waals surface area contributed by atoms with Crippen LogP contribution in [0.4, 0.5) is 11.6 Å². The molecule has 3 N–H and O–H groups in total. The van der Waals surface area contributed by atoms with Gasteiger partial charge in [-0.3, -0.25) is 0 Å². The molecule has 1 atom stereocenters. The molecule has 3 aromatic rings. The first-order chi connectivity index (χ1) is 15.5. The molecule has 160 valence electrons. The zero-order valence-electron chi connectivity index (χ0n) is 17.1. The van der Waals surface area contributed by atoms with Crippen molar-refractivity contribution in [3.8, 4) is 17.6 Å². The van der Waals surface area contributed by atoms with Crippen molar-refractivity contribution >= 4 is 23.2 Å². The molecule has 0 radical (unpaired) electrons. The minimum absolute atomic E-state index is 0.265. The summed E-state index contributed by atoms with van der Waals surface area (Å²) in [4.78, 5) is 19.5. The summed E-state index contributed by atoms with van der Waals surface area (Å²) in [6, 6.07) is 18.2. The highest BCUT2D eigenvalue weighted by Crippen LogP contribution is 2.35. The van der Waals surface area contributed by atoms with Crippen LogP contribution in [-0.2, 0) is 11.3 Å². The number of anilines is 2. The molecule has 1 aliphatic rings. The average molecular weight is 429 g/mol. The Morgan fingerprint density at radius 2 is 2.03 bits per heavy atom. The number of aliphatic carboxylic acids is 1. The Hall–Kier alpha value is -4.58. The number of nitrogens with one attached hydrogen (secondary N) is 2. The van der Waals surface area contributed by atoms with Crippen LogP contribution in [0.3, 0.4) is 0 Å². The van der Waals surface area contributed by atoms with Crippen molar-refractivity contribution in [1.29, 1.82) is 5.26 Å². The van der Waals surface area contributed by atoms with E-state index in [0.29, 0.717) is 35.6 Å². The molecule has 9 heteroatoms. The van der Waals surface area contributed by atoms with Gasteiger partial charge in [0.25, 0.3) is 0 Å². The molecule has 2 aromatic carbocycles. The van der Waals surface area contributed by atoms with Gasteiger partial charge in [0.2, 0.25) is 11.8 Å². The van der Waals surface area contributed by atoms with Crippen molar-refractivity contribution in [1.82, 2.24) is 9.97 Å². The van der Waals surface area contributed by atoms with Gasteiger partial charge >= 0.3 is 5.97 Å². The standard InChI is InChI=1S/C23H19N5O4/c1-14(22(29)30)31-16-8-6-15(7-9-16)13-26-23-25-11-10-18(28-23)17(12-24)21-27-19-4-2-3-5-20(19)32-21/h2-11,14,27H,13H2,1H3,(H,29,30)(H,25,26,28). The molecule has 32 heavy (non-hydrogen) atoms. The first-order valence-corrected chi connectivity index (χ1v) is 9.77. The molecule has 0 fully saturated rings. The molecule has 0 saturated heterocycles. The number of fused-ring (bicyclic) bond motifs is 1. The number of hydrogen-bond donors (Lipinski definition) is 3. The van der Waals surface area contributed by atoms with Gasteiger partial charge in [-0.25, -0.2) is 14.8 Å². The van der Waals surface area contributed by atoms with Crippen molar-refractivity contribution in [3.05, 3.63) is 77.9 Å². The van der Waals surface area contributed by atoms with Gasteiger partial charge in [-0.15, -0.1) is 0 Å². The number of aromatic nitrogens is 2. The van der Waals surface area contributed by atoms with E-state index >= 15 is 0 Å². The molecule has 1 aliphatic heterocycles. The Morgan fingerprint density at radius 1 is 1.25 bits per heavy atom. The third-order valence-electron chi connectivity index (χ3n) is 4.63. The van der Waals surface area contributed by atoms with E-state index in [4.69, 9.17) is 14.6 Å². The highest BCUT2D eigenvalue weighted by Gasteiger charge is 2.22. The lowest BCUT2D eigenvalue weighted by Crippen LogP contribution is -2.22. The second-order valence-corrected chi connectivity index (χ2v) is 6.90. The quantitative estimate of drug-likeness (QED) is 0.482. The van der Waals surface area contributed by atoms with E-state index in [9.17, 15) is 10.1 Å². The minimum Gasteiger partial charge on any atom is -0.479 e. The molecule has 0 amide bonds. The lowest BCUT2D eigenvalue weighted by Gasteiger charge is -2.11. The Balaban J connectivity index is 1.44. The smallest absolute Gasteiger partial charge is 0.344 e. The van der Waals surface area contributed by atoms with Crippen LogP contribution >= 0.6 is 0 Å². The average Bonchev–Trinajstić information content (AvgIpc) is 3.23. The van der Waals surface area contributed by atoms with Gasteiger partial charge in [0.05, 0.1) is 11.4 Å². The SMILES string of the molecule is CC(Oc1ccc(CNc2nccc(C(C#N)=C3Nc4ccccc4O3)n2)cc1)C(=O)O. The van der Waals surface area contributed by atoms with Crippen molar-refractivity contribution in [3.63, 3.8) is 0 Å². The van der Waals surface area contributed by atoms with Gasteiger partial charge < -0.3 is 25.2 Å². The van der Waals surface area contributed by atoms with Gasteiger partial charge in [0.15, 0.2) is 11.9 Å². The predicted octanol–water partition coefficient (Wildman–Crippen LogP) is 3.64. The number of benzene rings is 2. The Bertz CT molecular complexity index is 1190. The monoisotopic (exact) mass is 429 g/mol. The van der Waals surface area contributed by atoms with Crippen LogP contribution in [0.5, 0.6) is 11.5 Å². The molecule has 9 nitrogen and oxygen atoms in total. The second kappa shape index (κ2) is 9.06. The number of hydrogen-bond acceptors (Lipinski definition) is 8. The predicted molar refractivity (Wildman–Crippen MR) is 117 cm³/mol. The molecule has 0 spiro atoms. The van der Waals surface area contributed by atoms with Gasteiger partial charge in [-0.2, -0.15) is 5.26 Å². The molecular formula is C23H19N5O4. The number of ether oxygens (including phenoxy) is 2. The summed E-state index contributed by atoms with van der Waals surface area (Å²) in [6.45, 7) is 1.90. The molecular weight excluding hydrogens is 410 g/mol. The number of rotatable bonds is 7. The van der Waals surface area contributed by atoms with E-state index in [1.165, 1.54) is 6.92 Å².